The molecule has 1 fully saturated rings. The average molecular weight is 277 g/mol. The molecule has 0 bridgehead atoms. The summed E-state index contributed by atoms with van der Waals surface area (Å²) in [5.74, 6) is 1.30. The SMILES string of the molecule is Cc1nnc2c(OCC3CNCC(C)(C)O3)nccn12. The highest BCUT2D eigenvalue weighted by molar-refractivity contribution is 5.48. The van der Waals surface area contributed by atoms with Crippen LogP contribution in [-0.2, 0) is 4.74 Å². The summed E-state index contributed by atoms with van der Waals surface area (Å²) in [6.07, 6.45) is 3.51. The van der Waals surface area contributed by atoms with Crippen LogP contribution in [0.3, 0.4) is 0 Å². The van der Waals surface area contributed by atoms with E-state index in [4.69, 9.17) is 9.47 Å². The molecule has 1 unspecified atom stereocenters. The molecule has 7 heteroatoms. The molecule has 0 amide bonds. The van der Waals surface area contributed by atoms with Crippen LogP contribution in [0.25, 0.3) is 5.65 Å². The Bertz CT molecular complexity index is 610. The molecule has 1 N–H and O–H groups in total. The number of ether oxygens (including phenoxy) is 2. The van der Waals surface area contributed by atoms with Crippen LogP contribution >= 0.6 is 0 Å². The van der Waals surface area contributed by atoms with Crippen molar-refractivity contribution >= 4 is 5.65 Å². The first-order chi connectivity index (χ1) is 9.55. The molecule has 0 spiro atoms. The van der Waals surface area contributed by atoms with Gasteiger partial charge in [0.15, 0.2) is 0 Å². The first-order valence-electron chi connectivity index (χ1n) is 6.73. The zero-order valence-corrected chi connectivity index (χ0v) is 12.0. The molecule has 1 atom stereocenters. The minimum Gasteiger partial charge on any atom is -0.472 e. The third-order valence-electron chi connectivity index (χ3n) is 3.28. The predicted octanol–water partition coefficient (Wildman–Crippen LogP) is 0.579. The van der Waals surface area contributed by atoms with Crippen LogP contribution in [-0.4, -0.2) is 51.0 Å². The molecule has 2 aromatic rings. The summed E-state index contributed by atoms with van der Waals surface area (Å²) >= 11 is 0. The van der Waals surface area contributed by atoms with Gasteiger partial charge in [-0.1, -0.05) is 0 Å². The number of morpholine rings is 1. The second kappa shape index (κ2) is 4.99. The fraction of sp³-hybridized carbons (Fsp3) is 0.615. The predicted molar refractivity (Wildman–Crippen MR) is 72.8 cm³/mol. The molecule has 0 saturated carbocycles. The number of rotatable bonds is 3. The maximum absolute atomic E-state index is 5.95. The van der Waals surface area contributed by atoms with Gasteiger partial charge in [0.1, 0.15) is 18.5 Å². The Kier molecular flexibility index (Phi) is 3.31. The minimum absolute atomic E-state index is 0.00447. The Morgan fingerprint density at radius 3 is 3.15 bits per heavy atom. The van der Waals surface area contributed by atoms with Crippen molar-refractivity contribution in [2.45, 2.75) is 32.5 Å². The standard InChI is InChI=1S/C13H19N5O2/c1-9-16-17-11-12(15-4-5-18(9)11)19-7-10-6-14-8-13(2,3)20-10/h4-5,10,14H,6-8H2,1-3H3. The number of aromatic nitrogens is 4. The molecule has 3 heterocycles. The summed E-state index contributed by atoms with van der Waals surface area (Å²) in [6.45, 7) is 8.08. The largest absolute Gasteiger partial charge is 0.472 e. The summed E-state index contributed by atoms with van der Waals surface area (Å²) in [4.78, 5) is 4.22. The molecule has 20 heavy (non-hydrogen) atoms. The second-order valence-electron chi connectivity index (χ2n) is 5.61. The molecule has 0 aromatic carbocycles. The minimum atomic E-state index is -0.169. The smallest absolute Gasteiger partial charge is 0.260 e. The van der Waals surface area contributed by atoms with E-state index < -0.39 is 0 Å². The zero-order valence-electron chi connectivity index (χ0n) is 12.0. The second-order valence-corrected chi connectivity index (χ2v) is 5.61. The van der Waals surface area contributed by atoms with E-state index in [1.807, 2.05) is 17.5 Å². The number of fused-ring (bicyclic) bond motifs is 1. The normalized spacial score (nSPS) is 22.1. The van der Waals surface area contributed by atoms with Crippen molar-refractivity contribution in [3.05, 3.63) is 18.2 Å². The zero-order chi connectivity index (χ0) is 14.2. The topological polar surface area (TPSA) is 73.6 Å². The number of hydrogen-bond donors (Lipinski definition) is 1. The third kappa shape index (κ3) is 2.59. The highest BCUT2D eigenvalue weighted by atomic mass is 16.6. The van der Waals surface area contributed by atoms with E-state index in [9.17, 15) is 0 Å². The van der Waals surface area contributed by atoms with Gasteiger partial charge in [-0.2, -0.15) is 0 Å². The first kappa shape index (κ1) is 13.3. The quantitative estimate of drug-likeness (QED) is 0.884. The van der Waals surface area contributed by atoms with Crippen molar-refractivity contribution in [1.29, 1.82) is 0 Å². The van der Waals surface area contributed by atoms with Gasteiger partial charge in [-0.15, -0.1) is 10.2 Å². The number of hydrogen-bond acceptors (Lipinski definition) is 6. The summed E-state index contributed by atoms with van der Waals surface area (Å²) in [5.41, 5.74) is 0.463. The van der Waals surface area contributed by atoms with E-state index in [2.05, 4.69) is 34.3 Å². The van der Waals surface area contributed by atoms with E-state index in [0.717, 1.165) is 18.9 Å². The molecule has 0 aliphatic carbocycles. The van der Waals surface area contributed by atoms with E-state index >= 15 is 0 Å². The average Bonchev–Trinajstić information content (AvgIpc) is 2.78. The van der Waals surface area contributed by atoms with Crippen LogP contribution in [0, 0.1) is 6.92 Å². The number of nitrogens with one attached hydrogen (secondary N) is 1. The lowest BCUT2D eigenvalue weighted by Gasteiger charge is -2.36. The maximum atomic E-state index is 5.95. The van der Waals surface area contributed by atoms with E-state index in [1.54, 1.807) is 6.20 Å². The summed E-state index contributed by atoms with van der Waals surface area (Å²) in [6, 6.07) is 0. The summed E-state index contributed by atoms with van der Waals surface area (Å²) < 4.78 is 13.6. The van der Waals surface area contributed by atoms with Crippen molar-refractivity contribution in [2.75, 3.05) is 19.7 Å². The summed E-state index contributed by atoms with van der Waals surface area (Å²) in [7, 11) is 0. The Balaban J connectivity index is 1.71. The lowest BCUT2D eigenvalue weighted by atomic mass is 10.1. The van der Waals surface area contributed by atoms with Gasteiger partial charge in [0.25, 0.3) is 5.88 Å². The molecule has 1 aliphatic heterocycles. The molecule has 1 saturated heterocycles. The Morgan fingerprint density at radius 2 is 2.35 bits per heavy atom. The molecule has 1 aliphatic rings. The Morgan fingerprint density at radius 1 is 1.50 bits per heavy atom. The first-order valence-corrected chi connectivity index (χ1v) is 6.73. The highest BCUT2D eigenvalue weighted by Gasteiger charge is 2.28. The molecule has 7 nitrogen and oxygen atoms in total. The fourth-order valence-electron chi connectivity index (χ4n) is 2.35. The number of nitrogens with zero attached hydrogens (tertiary/aromatic N) is 4. The van der Waals surface area contributed by atoms with Crippen LogP contribution in [0.2, 0.25) is 0 Å². The van der Waals surface area contributed by atoms with Crippen molar-refractivity contribution in [2.24, 2.45) is 0 Å². The fourth-order valence-corrected chi connectivity index (χ4v) is 2.35. The van der Waals surface area contributed by atoms with Gasteiger partial charge in [-0.05, 0) is 20.8 Å². The van der Waals surface area contributed by atoms with Gasteiger partial charge in [-0.25, -0.2) is 4.98 Å². The monoisotopic (exact) mass is 277 g/mol. The van der Waals surface area contributed by atoms with Gasteiger partial charge in [0, 0.05) is 25.5 Å². The van der Waals surface area contributed by atoms with Crippen molar-refractivity contribution in [1.82, 2.24) is 24.9 Å². The maximum Gasteiger partial charge on any atom is 0.260 e. The van der Waals surface area contributed by atoms with Gasteiger partial charge in [0.05, 0.1) is 5.60 Å². The lowest BCUT2D eigenvalue weighted by molar-refractivity contribution is -0.107. The van der Waals surface area contributed by atoms with Gasteiger partial charge >= 0.3 is 0 Å². The van der Waals surface area contributed by atoms with Crippen molar-refractivity contribution in [3.8, 4) is 5.88 Å². The molecule has 2 aromatic heterocycles. The van der Waals surface area contributed by atoms with E-state index in [1.165, 1.54) is 0 Å². The lowest BCUT2D eigenvalue weighted by Crippen LogP contribution is -2.52. The van der Waals surface area contributed by atoms with Gasteiger partial charge < -0.3 is 14.8 Å². The van der Waals surface area contributed by atoms with Gasteiger partial charge in [-0.3, -0.25) is 4.40 Å². The van der Waals surface area contributed by atoms with E-state index in [-0.39, 0.29) is 11.7 Å². The highest BCUT2D eigenvalue weighted by Crippen LogP contribution is 2.18. The molecular weight excluding hydrogens is 258 g/mol. The Hall–Kier alpha value is -1.73. The van der Waals surface area contributed by atoms with Crippen LogP contribution in [0.5, 0.6) is 5.88 Å². The molecule has 108 valence electrons. The molecule has 0 radical (unpaired) electrons. The third-order valence-corrected chi connectivity index (χ3v) is 3.28. The molecule has 3 rings (SSSR count). The van der Waals surface area contributed by atoms with Crippen LogP contribution in [0.15, 0.2) is 12.4 Å². The van der Waals surface area contributed by atoms with Crippen LogP contribution in [0.4, 0.5) is 0 Å². The number of aryl methyl sites for hydroxylation is 1. The van der Waals surface area contributed by atoms with Crippen LogP contribution in [0.1, 0.15) is 19.7 Å². The summed E-state index contributed by atoms with van der Waals surface area (Å²) in [5, 5.41) is 11.4. The van der Waals surface area contributed by atoms with Gasteiger partial charge in [0.2, 0.25) is 5.65 Å². The molecular formula is C13H19N5O2. The van der Waals surface area contributed by atoms with Crippen LogP contribution < -0.4 is 10.1 Å². The van der Waals surface area contributed by atoms with Crippen molar-refractivity contribution < 1.29 is 9.47 Å². The Labute approximate surface area is 117 Å². The van der Waals surface area contributed by atoms with Crippen molar-refractivity contribution in [3.63, 3.8) is 0 Å². The van der Waals surface area contributed by atoms with E-state index in [0.29, 0.717) is 18.1 Å².